The molecule has 0 saturated carbocycles. The van der Waals surface area contributed by atoms with E-state index in [-0.39, 0.29) is 12.5 Å². The number of anilines is 1. The van der Waals surface area contributed by atoms with Crippen LogP contribution in [0.15, 0.2) is 42.6 Å². The van der Waals surface area contributed by atoms with Crippen LogP contribution in [0.3, 0.4) is 0 Å². The Bertz CT molecular complexity index is 858. The van der Waals surface area contributed by atoms with E-state index in [1.807, 2.05) is 36.4 Å². The summed E-state index contributed by atoms with van der Waals surface area (Å²) in [6, 6.07) is 11.2. The smallest absolute Gasteiger partial charge is 0.312 e. The molecule has 1 N–H and O–H groups in total. The van der Waals surface area contributed by atoms with Gasteiger partial charge in [0.15, 0.2) is 0 Å². The van der Waals surface area contributed by atoms with Crippen LogP contribution in [0.5, 0.6) is 0 Å². The van der Waals surface area contributed by atoms with Gasteiger partial charge in [-0.25, -0.2) is 4.98 Å². The predicted octanol–water partition coefficient (Wildman–Crippen LogP) is 3.29. The average molecular weight is 379 g/mol. The summed E-state index contributed by atoms with van der Waals surface area (Å²) < 4.78 is 0. The highest BCUT2D eigenvalue weighted by Crippen LogP contribution is 2.29. The van der Waals surface area contributed by atoms with Gasteiger partial charge in [-0.2, -0.15) is 0 Å². The molecule has 0 radical (unpaired) electrons. The Kier molecular flexibility index (Phi) is 5.28. The lowest BCUT2D eigenvalue weighted by Gasteiger charge is -2.33. The number of carboxylic acids is 1. The molecule has 2 aliphatic heterocycles. The molecule has 1 aromatic carbocycles. The largest absolute Gasteiger partial charge is 0.481 e. The summed E-state index contributed by atoms with van der Waals surface area (Å²) in [7, 11) is 0. The zero-order chi connectivity index (χ0) is 19.5. The molecule has 0 spiro atoms. The summed E-state index contributed by atoms with van der Waals surface area (Å²) in [5.74, 6) is -0.862. The minimum Gasteiger partial charge on any atom is -0.481 e. The maximum atomic E-state index is 13.0. The molecule has 1 unspecified atom stereocenters. The lowest BCUT2D eigenvalue weighted by Crippen LogP contribution is -2.40. The number of aromatic nitrogens is 1. The van der Waals surface area contributed by atoms with Crippen molar-refractivity contribution in [3.63, 3.8) is 0 Å². The summed E-state index contributed by atoms with van der Waals surface area (Å²) in [5, 5.41) is 9.60. The SMILES string of the molecule is O=C(O)C1CN(C(=O)c2ccc(N3CCCCCC3)nc2)Cc2ccccc21. The van der Waals surface area contributed by atoms with Crippen LogP contribution >= 0.6 is 0 Å². The lowest BCUT2D eigenvalue weighted by atomic mass is 9.89. The molecule has 28 heavy (non-hydrogen) atoms. The molecule has 6 nitrogen and oxygen atoms in total. The highest BCUT2D eigenvalue weighted by atomic mass is 16.4. The van der Waals surface area contributed by atoms with E-state index in [0.29, 0.717) is 12.1 Å². The molecular weight excluding hydrogens is 354 g/mol. The normalized spacial score (nSPS) is 19.6. The van der Waals surface area contributed by atoms with Crippen LogP contribution < -0.4 is 4.90 Å². The topological polar surface area (TPSA) is 73.7 Å². The molecule has 1 atom stereocenters. The number of carbonyl (C=O) groups is 2. The third kappa shape index (κ3) is 3.72. The van der Waals surface area contributed by atoms with Gasteiger partial charge in [-0.1, -0.05) is 37.1 Å². The zero-order valence-corrected chi connectivity index (χ0v) is 15.9. The van der Waals surface area contributed by atoms with Gasteiger partial charge in [-0.3, -0.25) is 9.59 Å². The Balaban J connectivity index is 1.52. The van der Waals surface area contributed by atoms with Crippen molar-refractivity contribution in [2.75, 3.05) is 24.5 Å². The number of hydrogen-bond donors (Lipinski definition) is 1. The van der Waals surface area contributed by atoms with Crippen molar-refractivity contribution in [2.45, 2.75) is 38.1 Å². The van der Waals surface area contributed by atoms with Crippen molar-refractivity contribution in [3.05, 3.63) is 59.3 Å². The molecule has 1 amide bonds. The van der Waals surface area contributed by atoms with Crippen LogP contribution in [0.1, 0.15) is 53.1 Å². The van der Waals surface area contributed by atoms with Gasteiger partial charge in [0.2, 0.25) is 0 Å². The van der Waals surface area contributed by atoms with Crippen molar-refractivity contribution in [1.29, 1.82) is 0 Å². The fourth-order valence-corrected chi connectivity index (χ4v) is 4.15. The number of pyridine rings is 1. The predicted molar refractivity (Wildman–Crippen MR) is 106 cm³/mol. The third-order valence-corrected chi connectivity index (χ3v) is 5.70. The Morgan fingerprint density at radius 1 is 1.00 bits per heavy atom. The van der Waals surface area contributed by atoms with E-state index in [0.717, 1.165) is 30.0 Å². The van der Waals surface area contributed by atoms with Gasteiger partial charge in [0, 0.05) is 32.4 Å². The first-order chi connectivity index (χ1) is 13.6. The van der Waals surface area contributed by atoms with Crippen LogP contribution in [0.25, 0.3) is 0 Å². The van der Waals surface area contributed by atoms with E-state index in [1.54, 1.807) is 11.1 Å². The minimum absolute atomic E-state index is 0.171. The summed E-state index contributed by atoms with van der Waals surface area (Å²) in [4.78, 5) is 33.1. The molecule has 6 heteroatoms. The number of fused-ring (bicyclic) bond motifs is 1. The monoisotopic (exact) mass is 379 g/mol. The van der Waals surface area contributed by atoms with Crippen LogP contribution in [-0.2, 0) is 11.3 Å². The van der Waals surface area contributed by atoms with Crippen molar-refractivity contribution >= 4 is 17.7 Å². The van der Waals surface area contributed by atoms with E-state index >= 15 is 0 Å². The van der Waals surface area contributed by atoms with Gasteiger partial charge in [-0.15, -0.1) is 0 Å². The second-order valence-corrected chi connectivity index (χ2v) is 7.58. The average Bonchev–Trinajstić information content (AvgIpc) is 3.02. The Labute approximate surface area is 164 Å². The van der Waals surface area contributed by atoms with E-state index in [9.17, 15) is 14.7 Å². The molecule has 0 bridgehead atoms. The van der Waals surface area contributed by atoms with Crippen molar-refractivity contribution in [1.82, 2.24) is 9.88 Å². The van der Waals surface area contributed by atoms with Gasteiger partial charge in [0.1, 0.15) is 5.82 Å². The van der Waals surface area contributed by atoms with E-state index in [1.165, 1.54) is 25.7 Å². The highest BCUT2D eigenvalue weighted by Gasteiger charge is 2.32. The molecule has 1 aromatic heterocycles. The maximum Gasteiger partial charge on any atom is 0.312 e. The molecule has 146 valence electrons. The molecule has 3 heterocycles. The first-order valence-electron chi connectivity index (χ1n) is 9.94. The number of amides is 1. The Morgan fingerprint density at radius 3 is 2.43 bits per heavy atom. The van der Waals surface area contributed by atoms with Gasteiger partial charge in [-0.05, 0) is 36.1 Å². The Hall–Kier alpha value is -2.89. The second kappa shape index (κ2) is 8.00. The number of carbonyl (C=O) groups excluding carboxylic acids is 1. The first kappa shape index (κ1) is 18.5. The standard InChI is InChI=1S/C22H25N3O3/c26-21(16-9-10-20(23-13-16)24-11-5-1-2-6-12-24)25-14-17-7-3-4-8-18(17)19(15-25)22(27)28/h3-4,7-10,13,19H,1-2,5-6,11-12,14-15H2,(H,27,28). The number of rotatable bonds is 3. The molecule has 1 fully saturated rings. The number of hydrogen-bond acceptors (Lipinski definition) is 4. The van der Waals surface area contributed by atoms with Crippen molar-refractivity contribution in [3.8, 4) is 0 Å². The second-order valence-electron chi connectivity index (χ2n) is 7.58. The highest BCUT2D eigenvalue weighted by molar-refractivity contribution is 5.95. The first-order valence-corrected chi connectivity index (χ1v) is 9.94. The van der Waals surface area contributed by atoms with Gasteiger partial charge in [0.05, 0.1) is 11.5 Å². The molecular formula is C22H25N3O3. The number of nitrogens with zero attached hydrogens (tertiary/aromatic N) is 3. The third-order valence-electron chi connectivity index (χ3n) is 5.70. The number of benzene rings is 1. The summed E-state index contributed by atoms with van der Waals surface area (Å²) in [6.45, 7) is 2.61. The van der Waals surface area contributed by atoms with Crippen molar-refractivity contribution < 1.29 is 14.7 Å². The molecule has 2 aliphatic rings. The van der Waals surface area contributed by atoms with Crippen LogP contribution in [-0.4, -0.2) is 46.5 Å². The number of carboxylic acid groups (broad SMARTS) is 1. The van der Waals surface area contributed by atoms with Crippen LogP contribution in [0, 0.1) is 0 Å². The molecule has 2 aromatic rings. The Morgan fingerprint density at radius 2 is 1.75 bits per heavy atom. The van der Waals surface area contributed by atoms with Gasteiger partial charge < -0.3 is 14.9 Å². The molecule has 4 rings (SSSR count). The van der Waals surface area contributed by atoms with Gasteiger partial charge in [0.25, 0.3) is 5.91 Å². The minimum atomic E-state index is -0.903. The number of aliphatic carboxylic acids is 1. The fourth-order valence-electron chi connectivity index (χ4n) is 4.15. The summed E-state index contributed by atoms with van der Waals surface area (Å²) >= 11 is 0. The van der Waals surface area contributed by atoms with Crippen LogP contribution in [0.2, 0.25) is 0 Å². The molecule has 0 aliphatic carbocycles. The van der Waals surface area contributed by atoms with Crippen molar-refractivity contribution in [2.24, 2.45) is 0 Å². The maximum absolute atomic E-state index is 13.0. The fraction of sp³-hybridized carbons (Fsp3) is 0.409. The van der Waals surface area contributed by atoms with E-state index < -0.39 is 11.9 Å². The summed E-state index contributed by atoms with van der Waals surface area (Å²) in [5.41, 5.74) is 2.19. The van der Waals surface area contributed by atoms with Crippen LogP contribution in [0.4, 0.5) is 5.82 Å². The molecule has 1 saturated heterocycles. The lowest BCUT2D eigenvalue weighted by molar-refractivity contribution is -0.139. The summed E-state index contributed by atoms with van der Waals surface area (Å²) in [6.07, 6.45) is 6.49. The van der Waals surface area contributed by atoms with Gasteiger partial charge >= 0.3 is 5.97 Å². The van der Waals surface area contributed by atoms with E-state index in [4.69, 9.17) is 0 Å². The zero-order valence-electron chi connectivity index (χ0n) is 15.9. The quantitative estimate of drug-likeness (QED) is 0.886. The van der Waals surface area contributed by atoms with E-state index in [2.05, 4.69) is 9.88 Å².